The largest absolute Gasteiger partial charge is 0.481 e. The predicted molar refractivity (Wildman–Crippen MR) is 56.2 cm³/mol. The molecule has 5 nitrogen and oxygen atoms in total. The number of aromatic nitrogens is 1. The average Bonchev–Trinajstić information content (AvgIpc) is 2.29. The van der Waals surface area contributed by atoms with Crippen molar-refractivity contribution in [1.29, 1.82) is 0 Å². The van der Waals surface area contributed by atoms with Crippen LogP contribution in [0.5, 0.6) is 0 Å². The molecule has 0 radical (unpaired) electrons. The van der Waals surface area contributed by atoms with Gasteiger partial charge >= 0.3 is 11.9 Å². The lowest BCUT2D eigenvalue weighted by Gasteiger charge is -2.08. The Hall–Kier alpha value is -1.91. The first-order chi connectivity index (χ1) is 7.60. The minimum Gasteiger partial charge on any atom is -0.481 e. The molecule has 1 heterocycles. The van der Waals surface area contributed by atoms with Gasteiger partial charge in [0.2, 0.25) is 0 Å². The molecule has 1 N–H and O–H groups in total. The van der Waals surface area contributed by atoms with Crippen LogP contribution in [0.25, 0.3) is 0 Å². The second-order valence-corrected chi connectivity index (χ2v) is 3.26. The van der Waals surface area contributed by atoms with Crippen molar-refractivity contribution in [2.45, 2.75) is 19.3 Å². The molecule has 0 aliphatic carbocycles. The Balaban J connectivity index is 2.93. The van der Waals surface area contributed by atoms with Crippen LogP contribution in [-0.4, -0.2) is 29.1 Å². The Morgan fingerprint density at radius 1 is 1.50 bits per heavy atom. The van der Waals surface area contributed by atoms with E-state index in [-0.39, 0.29) is 0 Å². The lowest BCUT2D eigenvalue weighted by atomic mass is 10.0. The van der Waals surface area contributed by atoms with Crippen molar-refractivity contribution in [2.75, 3.05) is 7.11 Å². The van der Waals surface area contributed by atoms with Gasteiger partial charge in [-0.2, -0.15) is 0 Å². The number of carbonyl (C=O) groups is 2. The molecule has 0 amide bonds. The highest BCUT2D eigenvalue weighted by molar-refractivity contribution is 5.89. The second kappa shape index (κ2) is 5.25. The van der Waals surface area contributed by atoms with Crippen LogP contribution in [0, 0.1) is 0 Å². The van der Waals surface area contributed by atoms with Crippen molar-refractivity contribution in [1.82, 2.24) is 4.98 Å². The predicted octanol–water partition coefficient (Wildman–Crippen LogP) is 1.45. The molecule has 5 heteroatoms. The van der Waals surface area contributed by atoms with Crippen LogP contribution in [0.3, 0.4) is 0 Å². The normalized spacial score (nSPS) is 11.9. The fourth-order valence-electron chi connectivity index (χ4n) is 1.36. The monoisotopic (exact) mass is 223 g/mol. The van der Waals surface area contributed by atoms with Crippen LogP contribution < -0.4 is 0 Å². The molecule has 0 saturated carbocycles. The number of methoxy groups -OCH3 is 1. The van der Waals surface area contributed by atoms with E-state index in [4.69, 9.17) is 5.11 Å². The van der Waals surface area contributed by atoms with E-state index in [0.717, 1.165) is 0 Å². The summed E-state index contributed by atoms with van der Waals surface area (Å²) in [7, 11) is 1.28. The molecule has 0 spiro atoms. The fourth-order valence-corrected chi connectivity index (χ4v) is 1.36. The number of ether oxygens (including phenoxy) is 1. The van der Waals surface area contributed by atoms with Crippen LogP contribution in [0.4, 0.5) is 0 Å². The van der Waals surface area contributed by atoms with E-state index in [0.29, 0.717) is 17.7 Å². The highest BCUT2D eigenvalue weighted by Gasteiger charge is 2.19. The quantitative estimate of drug-likeness (QED) is 0.781. The summed E-state index contributed by atoms with van der Waals surface area (Å²) in [5, 5.41) is 8.92. The molecular weight excluding hydrogens is 210 g/mol. The van der Waals surface area contributed by atoms with E-state index in [1.807, 2.05) is 0 Å². The maximum Gasteiger partial charge on any atom is 0.339 e. The number of carbonyl (C=O) groups excluding carboxylic acids is 1. The Kier molecular flexibility index (Phi) is 3.99. The lowest BCUT2D eigenvalue weighted by molar-refractivity contribution is -0.138. The first kappa shape index (κ1) is 12.2. The number of esters is 1. The Morgan fingerprint density at radius 3 is 2.56 bits per heavy atom. The first-order valence-corrected chi connectivity index (χ1v) is 4.87. The Bertz CT molecular complexity index is 385. The molecule has 0 aromatic carbocycles. The molecule has 1 unspecified atom stereocenters. The molecule has 0 aliphatic rings. The number of carboxylic acid groups (broad SMARTS) is 1. The standard InChI is InChI=1S/C11H13NO4/c1-3-8(10(13)14)9-5-4-7(6-12-9)11(15)16-2/h4-6,8H,3H2,1-2H3,(H,13,14). The molecule has 16 heavy (non-hydrogen) atoms. The third-order valence-electron chi connectivity index (χ3n) is 2.27. The van der Waals surface area contributed by atoms with Gasteiger partial charge in [0.05, 0.1) is 24.3 Å². The van der Waals surface area contributed by atoms with Crippen LogP contribution in [0.1, 0.15) is 35.3 Å². The number of carboxylic acids is 1. The molecule has 1 aromatic heterocycles. The fraction of sp³-hybridized carbons (Fsp3) is 0.364. The van der Waals surface area contributed by atoms with Gasteiger partial charge < -0.3 is 9.84 Å². The number of hydrogen-bond donors (Lipinski definition) is 1. The van der Waals surface area contributed by atoms with E-state index < -0.39 is 17.9 Å². The molecule has 1 atom stereocenters. The van der Waals surface area contributed by atoms with Gasteiger partial charge in [0.25, 0.3) is 0 Å². The Morgan fingerprint density at radius 2 is 2.19 bits per heavy atom. The van der Waals surface area contributed by atoms with Crippen molar-refractivity contribution in [3.05, 3.63) is 29.6 Å². The number of pyridine rings is 1. The third-order valence-corrected chi connectivity index (χ3v) is 2.27. The van der Waals surface area contributed by atoms with Gasteiger partial charge in [0.1, 0.15) is 0 Å². The SMILES string of the molecule is CCC(C(=O)O)c1ccc(C(=O)OC)cn1. The zero-order valence-corrected chi connectivity index (χ0v) is 9.14. The maximum absolute atomic E-state index is 11.1. The van der Waals surface area contributed by atoms with Crippen LogP contribution in [-0.2, 0) is 9.53 Å². The van der Waals surface area contributed by atoms with Gasteiger partial charge in [-0.1, -0.05) is 6.92 Å². The average molecular weight is 223 g/mol. The van der Waals surface area contributed by atoms with Crippen LogP contribution in [0.15, 0.2) is 18.3 Å². The summed E-state index contributed by atoms with van der Waals surface area (Å²) in [6.45, 7) is 1.77. The van der Waals surface area contributed by atoms with Gasteiger partial charge in [-0.3, -0.25) is 9.78 Å². The van der Waals surface area contributed by atoms with Crippen molar-refractivity contribution in [3.8, 4) is 0 Å². The molecule has 1 rings (SSSR count). The summed E-state index contributed by atoms with van der Waals surface area (Å²) < 4.78 is 4.52. The topological polar surface area (TPSA) is 76.5 Å². The molecule has 0 aliphatic heterocycles. The minimum absolute atomic E-state index is 0.312. The summed E-state index contributed by atoms with van der Waals surface area (Å²) in [4.78, 5) is 26.0. The van der Waals surface area contributed by atoms with E-state index in [9.17, 15) is 9.59 Å². The van der Waals surface area contributed by atoms with Gasteiger partial charge in [-0.25, -0.2) is 4.79 Å². The smallest absolute Gasteiger partial charge is 0.339 e. The van der Waals surface area contributed by atoms with Crippen LogP contribution in [0.2, 0.25) is 0 Å². The molecule has 1 aromatic rings. The first-order valence-electron chi connectivity index (χ1n) is 4.87. The van der Waals surface area contributed by atoms with Gasteiger partial charge in [-0.15, -0.1) is 0 Å². The van der Waals surface area contributed by atoms with Crippen molar-refractivity contribution in [3.63, 3.8) is 0 Å². The molecule has 86 valence electrons. The lowest BCUT2D eigenvalue weighted by Crippen LogP contribution is -2.12. The highest BCUT2D eigenvalue weighted by Crippen LogP contribution is 2.17. The molecule has 0 fully saturated rings. The van der Waals surface area contributed by atoms with E-state index in [1.165, 1.54) is 25.4 Å². The van der Waals surface area contributed by atoms with E-state index in [2.05, 4.69) is 9.72 Å². The van der Waals surface area contributed by atoms with Crippen LogP contribution >= 0.6 is 0 Å². The van der Waals surface area contributed by atoms with Gasteiger partial charge in [0, 0.05) is 6.20 Å². The summed E-state index contributed by atoms with van der Waals surface area (Å²) in [5.74, 6) is -2.03. The molecule has 0 bridgehead atoms. The summed E-state index contributed by atoms with van der Waals surface area (Å²) >= 11 is 0. The second-order valence-electron chi connectivity index (χ2n) is 3.26. The number of hydrogen-bond acceptors (Lipinski definition) is 4. The van der Waals surface area contributed by atoms with Crippen molar-refractivity contribution < 1.29 is 19.4 Å². The van der Waals surface area contributed by atoms with Crippen molar-refractivity contribution >= 4 is 11.9 Å². The minimum atomic E-state index is -0.916. The Labute approximate surface area is 93.1 Å². The summed E-state index contributed by atoms with van der Waals surface area (Å²) in [6.07, 6.45) is 1.78. The van der Waals surface area contributed by atoms with E-state index >= 15 is 0 Å². The number of nitrogens with zero attached hydrogens (tertiary/aromatic N) is 1. The molecule has 0 saturated heterocycles. The van der Waals surface area contributed by atoms with Gasteiger partial charge in [0.15, 0.2) is 0 Å². The summed E-state index contributed by atoms with van der Waals surface area (Å²) in [5.41, 5.74) is 0.758. The highest BCUT2D eigenvalue weighted by atomic mass is 16.5. The maximum atomic E-state index is 11.1. The number of rotatable bonds is 4. The van der Waals surface area contributed by atoms with E-state index in [1.54, 1.807) is 6.92 Å². The van der Waals surface area contributed by atoms with Crippen molar-refractivity contribution in [2.24, 2.45) is 0 Å². The zero-order valence-electron chi connectivity index (χ0n) is 9.14. The van der Waals surface area contributed by atoms with Gasteiger partial charge in [-0.05, 0) is 18.6 Å². The zero-order chi connectivity index (χ0) is 12.1. The molecular formula is C11H13NO4. The summed E-state index contributed by atoms with van der Waals surface area (Å²) in [6, 6.07) is 3.05. The third kappa shape index (κ3) is 2.56. The number of aliphatic carboxylic acids is 1.